The van der Waals surface area contributed by atoms with Crippen molar-refractivity contribution >= 4 is 29.0 Å². The van der Waals surface area contributed by atoms with Crippen LogP contribution in [0.5, 0.6) is 0 Å². The molecule has 6 nitrogen and oxygen atoms in total. The lowest BCUT2D eigenvalue weighted by Gasteiger charge is -2.27. The Bertz CT molecular complexity index is 687. The second kappa shape index (κ2) is 6.93. The van der Waals surface area contributed by atoms with E-state index in [1.54, 1.807) is 37.5 Å². The van der Waals surface area contributed by atoms with Crippen molar-refractivity contribution in [1.29, 1.82) is 0 Å². The van der Waals surface area contributed by atoms with E-state index < -0.39 is 0 Å². The van der Waals surface area contributed by atoms with Crippen LogP contribution in [-0.4, -0.2) is 49.2 Å². The lowest BCUT2D eigenvalue weighted by molar-refractivity contribution is 0.0987. The molecule has 23 heavy (non-hydrogen) atoms. The van der Waals surface area contributed by atoms with Crippen molar-refractivity contribution < 1.29 is 9.53 Å². The molecular weight excluding hydrogens is 316 g/mol. The number of halogens is 1. The Labute approximate surface area is 139 Å². The molecule has 1 aliphatic heterocycles. The first kappa shape index (κ1) is 15.7. The zero-order chi connectivity index (χ0) is 16.2. The average molecular weight is 333 g/mol. The van der Waals surface area contributed by atoms with Gasteiger partial charge in [0.1, 0.15) is 11.5 Å². The Morgan fingerprint density at radius 3 is 2.61 bits per heavy atom. The molecular formula is C16H17ClN4O2. The van der Waals surface area contributed by atoms with E-state index in [4.69, 9.17) is 16.3 Å². The third-order valence-electron chi connectivity index (χ3n) is 3.69. The van der Waals surface area contributed by atoms with Crippen molar-refractivity contribution in [1.82, 2.24) is 9.97 Å². The molecule has 0 saturated carbocycles. The summed E-state index contributed by atoms with van der Waals surface area (Å²) in [4.78, 5) is 24.8. The van der Waals surface area contributed by atoms with E-state index >= 15 is 0 Å². The summed E-state index contributed by atoms with van der Waals surface area (Å²) in [7, 11) is 1.70. The fraction of sp³-hybridized carbons (Fsp3) is 0.312. The van der Waals surface area contributed by atoms with Gasteiger partial charge in [-0.3, -0.25) is 9.78 Å². The Morgan fingerprint density at radius 1 is 1.22 bits per heavy atom. The van der Waals surface area contributed by atoms with Crippen LogP contribution in [0.15, 0.2) is 36.7 Å². The van der Waals surface area contributed by atoms with Gasteiger partial charge in [-0.2, -0.15) is 0 Å². The number of aromatic nitrogens is 2. The summed E-state index contributed by atoms with van der Waals surface area (Å²) in [5.74, 6) is 0.485. The summed E-state index contributed by atoms with van der Waals surface area (Å²) in [5.41, 5.74) is 1.06. The highest BCUT2D eigenvalue weighted by atomic mass is 35.5. The number of hydrogen-bond donors (Lipinski definition) is 0. The summed E-state index contributed by atoms with van der Waals surface area (Å²) in [6.45, 7) is 2.81. The van der Waals surface area contributed by atoms with E-state index in [1.807, 2.05) is 0 Å². The Kier molecular flexibility index (Phi) is 4.73. The lowest BCUT2D eigenvalue weighted by Crippen LogP contribution is -2.37. The second-order valence-electron chi connectivity index (χ2n) is 5.20. The van der Waals surface area contributed by atoms with Crippen molar-refractivity contribution in [3.63, 3.8) is 0 Å². The molecule has 120 valence electrons. The topological polar surface area (TPSA) is 58.6 Å². The molecule has 1 aliphatic rings. The highest BCUT2D eigenvalue weighted by Crippen LogP contribution is 2.19. The minimum Gasteiger partial charge on any atom is -0.378 e. The van der Waals surface area contributed by atoms with Crippen molar-refractivity contribution in [2.24, 2.45) is 0 Å². The van der Waals surface area contributed by atoms with E-state index in [9.17, 15) is 4.79 Å². The monoisotopic (exact) mass is 332 g/mol. The van der Waals surface area contributed by atoms with E-state index in [1.165, 1.54) is 11.1 Å². The molecule has 1 fully saturated rings. The maximum absolute atomic E-state index is 12.6. The van der Waals surface area contributed by atoms with Gasteiger partial charge in [-0.1, -0.05) is 11.6 Å². The number of anilines is 2. The number of morpholine rings is 1. The number of rotatable bonds is 3. The minimum atomic E-state index is -0.213. The van der Waals surface area contributed by atoms with Crippen LogP contribution in [-0.2, 0) is 4.74 Å². The molecule has 1 amide bonds. The van der Waals surface area contributed by atoms with Gasteiger partial charge in [0.2, 0.25) is 0 Å². The number of carbonyl (C=O) groups is 1. The minimum absolute atomic E-state index is 0.213. The molecule has 2 aromatic rings. The number of carbonyl (C=O) groups excluding carboxylic acids is 1. The van der Waals surface area contributed by atoms with Gasteiger partial charge in [-0.15, -0.1) is 0 Å². The van der Waals surface area contributed by atoms with Gasteiger partial charge in [-0.25, -0.2) is 4.98 Å². The molecule has 1 aromatic carbocycles. The van der Waals surface area contributed by atoms with Crippen molar-refractivity contribution in [2.45, 2.75) is 0 Å². The molecule has 2 heterocycles. The number of hydrogen-bond acceptors (Lipinski definition) is 5. The average Bonchev–Trinajstić information content (AvgIpc) is 2.62. The Balaban J connectivity index is 1.80. The summed E-state index contributed by atoms with van der Waals surface area (Å²) < 4.78 is 5.33. The van der Waals surface area contributed by atoms with Gasteiger partial charge in [-0.05, 0) is 24.3 Å². The summed E-state index contributed by atoms with van der Waals surface area (Å²) in [6, 6.07) is 7.08. The molecule has 0 atom stereocenters. The quantitative estimate of drug-likeness (QED) is 0.862. The molecule has 1 aromatic heterocycles. The lowest BCUT2D eigenvalue weighted by atomic mass is 10.2. The van der Waals surface area contributed by atoms with Crippen molar-refractivity contribution in [3.05, 3.63) is 47.4 Å². The first-order chi connectivity index (χ1) is 11.1. The zero-order valence-corrected chi connectivity index (χ0v) is 13.5. The Hall–Kier alpha value is -2.18. The fourth-order valence-electron chi connectivity index (χ4n) is 2.36. The van der Waals surface area contributed by atoms with Gasteiger partial charge in [0, 0.05) is 30.8 Å². The van der Waals surface area contributed by atoms with Gasteiger partial charge < -0.3 is 14.5 Å². The van der Waals surface area contributed by atoms with Crippen LogP contribution in [0.3, 0.4) is 0 Å². The molecule has 0 N–H and O–H groups in total. The summed E-state index contributed by atoms with van der Waals surface area (Å²) >= 11 is 5.88. The zero-order valence-electron chi connectivity index (χ0n) is 12.8. The number of nitrogens with zero attached hydrogens (tertiary/aromatic N) is 4. The van der Waals surface area contributed by atoms with Gasteiger partial charge in [0.05, 0.1) is 25.6 Å². The predicted molar refractivity (Wildman–Crippen MR) is 89.2 cm³/mol. The molecule has 1 saturated heterocycles. The van der Waals surface area contributed by atoms with Crippen LogP contribution >= 0.6 is 11.6 Å². The number of benzene rings is 1. The normalized spacial score (nSPS) is 14.6. The van der Waals surface area contributed by atoms with Crippen LogP contribution in [0.2, 0.25) is 5.02 Å². The maximum Gasteiger partial charge on any atom is 0.278 e. The van der Waals surface area contributed by atoms with Crippen LogP contribution in [0.1, 0.15) is 10.5 Å². The highest BCUT2D eigenvalue weighted by Gasteiger charge is 2.18. The molecule has 3 rings (SSSR count). The van der Waals surface area contributed by atoms with Crippen LogP contribution < -0.4 is 9.80 Å². The van der Waals surface area contributed by atoms with Crippen molar-refractivity contribution in [2.75, 3.05) is 43.2 Å². The SMILES string of the molecule is CN(C(=O)c1cncc(N2CCOCC2)n1)c1ccc(Cl)cc1. The molecule has 0 aliphatic carbocycles. The van der Waals surface area contributed by atoms with E-state index in [0.717, 1.165) is 18.8 Å². The van der Waals surface area contributed by atoms with Crippen LogP contribution in [0.4, 0.5) is 11.5 Å². The third kappa shape index (κ3) is 3.60. The van der Waals surface area contributed by atoms with Crippen LogP contribution in [0, 0.1) is 0 Å². The van der Waals surface area contributed by atoms with Crippen LogP contribution in [0.25, 0.3) is 0 Å². The van der Waals surface area contributed by atoms with Gasteiger partial charge in [0.25, 0.3) is 5.91 Å². The molecule has 0 bridgehead atoms. The number of amides is 1. The van der Waals surface area contributed by atoms with E-state index in [-0.39, 0.29) is 5.91 Å². The van der Waals surface area contributed by atoms with Gasteiger partial charge in [0.15, 0.2) is 0 Å². The molecule has 7 heteroatoms. The van der Waals surface area contributed by atoms with E-state index in [2.05, 4.69) is 14.9 Å². The van der Waals surface area contributed by atoms with E-state index in [0.29, 0.717) is 29.7 Å². The standard InChI is InChI=1S/C16H17ClN4O2/c1-20(13-4-2-12(17)3-5-13)16(22)14-10-18-11-15(19-14)21-6-8-23-9-7-21/h2-5,10-11H,6-9H2,1H3. The smallest absolute Gasteiger partial charge is 0.278 e. The number of ether oxygens (including phenoxy) is 1. The second-order valence-corrected chi connectivity index (χ2v) is 5.64. The maximum atomic E-state index is 12.6. The van der Waals surface area contributed by atoms with Crippen molar-refractivity contribution in [3.8, 4) is 0 Å². The van der Waals surface area contributed by atoms with Gasteiger partial charge >= 0.3 is 0 Å². The summed E-state index contributed by atoms with van der Waals surface area (Å²) in [6.07, 6.45) is 3.16. The molecule has 0 radical (unpaired) electrons. The first-order valence-corrected chi connectivity index (χ1v) is 7.71. The molecule has 0 unspecified atom stereocenters. The largest absolute Gasteiger partial charge is 0.378 e. The Morgan fingerprint density at radius 2 is 1.91 bits per heavy atom. The third-order valence-corrected chi connectivity index (χ3v) is 3.95. The molecule has 0 spiro atoms. The highest BCUT2D eigenvalue weighted by molar-refractivity contribution is 6.30. The predicted octanol–water partition coefficient (Wildman–Crippen LogP) is 2.24. The fourth-order valence-corrected chi connectivity index (χ4v) is 2.48. The summed E-state index contributed by atoms with van der Waals surface area (Å²) in [5, 5.41) is 0.628. The first-order valence-electron chi connectivity index (χ1n) is 7.33.